The molecule has 0 N–H and O–H groups in total. The molecule has 6 nitrogen and oxygen atoms in total. The van der Waals surface area contributed by atoms with E-state index in [2.05, 4.69) is 0 Å². The number of amides is 1. The SMILES string of the molecule is COCCN(CCC(=O)OC)C(=O)c1cc(-c2cccs2)nc2ccccc12. The highest BCUT2D eigenvalue weighted by molar-refractivity contribution is 7.13. The molecule has 146 valence electrons. The summed E-state index contributed by atoms with van der Waals surface area (Å²) in [5, 5.41) is 2.77. The molecule has 1 aromatic carbocycles. The van der Waals surface area contributed by atoms with Gasteiger partial charge in [0, 0.05) is 25.6 Å². The lowest BCUT2D eigenvalue weighted by Gasteiger charge is -2.23. The Hall–Kier alpha value is -2.77. The van der Waals surface area contributed by atoms with E-state index in [1.807, 2.05) is 47.8 Å². The first-order chi connectivity index (χ1) is 13.6. The maximum absolute atomic E-state index is 13.4. The van der Waals surface area contributed by atoms with E-state index in [0.717, 1.165) is 21.5 Å². The van der Waals surface area contributed by atoms with E-state index in [1.165, 1.54) is 7.11 Å². The van der Waals surface area contributed by atoms with Gasteiger partial charge in [-0.2, -0.15) is 0 Å². The van der Waals surface area contributed by atoms with Crippen LogP contribution in [0.2, 0.25) is 0 Å². The topological polar surface area (TPSA) is 68.7 Å². The van der Waals surface area contributed by atoms with Gasteiger partial charge in [-0.05, 0) is 23.6 Å². The summed E-state index contributed by atoms with van der Waals surface area (Å²) >= 11 is 1.58. The first-order valence-corrected chi connectivity index (χ1v) is 9.80. The van der Waals surface area contributed by atoms with E-state index < -0.39 is 0 Å². The number of benzene rings is 1. The highest BCUT2D eigenvalue weighted by atomic mass is 32.1. The van der Waals surface area contributed by atoms with Crippen LogP contribution in [0.5, 0.6) is 0 Å². The Morgan fingerprint density at radius 3 is 2.64 bits per heavy atom. The number of para-hydroxylation sites is 1. The second-order valence-corrected chi connectivity index (χ2v) is 7.11. The Balaban J connectivity index is 2.00. The Bertz CT molecular complexity index is 956. The smallest absolute Gasteiger partial charge is 0.307 e. The molecule has 0 atom stereocenters. The van der Waals surface area contributed by atoms with Gasteiger partial charge in [0.2, 0.25) is 0 Å². The number of ether oxygens (including phenoxy) is 2. The van der Waals surface area contributed by atoms with Gasteiger partial charge in [-0.15, -0.1) is 11.3 Å². The van der Waals surface area contributed by atoms with E-state index in [-0.39, 0.29) is 24.8 Å². The summed E-state index contributed by atoms with van der Waals surface area (Å²) in [6.07, 6.45) is 0.132. The van der Waals surface area contributed by atoms with Gasteiger partial charge in [0.25, 0.3) is 5.91 Å². The monoisotopic (exact) mass is 398 g/mol. The van der Waals surface area contributed by atoms with Crippen molar-refractivity contribution in [3.8, 4) is 10.6 Å². The fraction of sp³-hybridized carbons (Fsp3) is 0.286. The van der Waals surface area contributed by atoms with Gasteiger partial charge in [0.15, 0.2) is 0 Å². The lowest BCUT2D eigenvalue weighted by Crippen LogP contribution is -2.36. The zero-order valence-corrected chi connectivity index (χ0v) is 16.7. The molecule has 0 aliphatic carbocycles. The minimum absolute atomic E-state index is 0.132. The predicted octanol–water partition coefficient (Wildman–Crippen LogP) is 3.62. The fourth-order valence-electron chi connectivity index (χ4n) is 2.92. The van der Waals surface area contributed by atoms with Gasteiger partial charge >= 0.3 is 5.97 Å². The lowest BCUT2D eigenvalue weighted by molar-refractivity contribution is -0.140. The standard InChI is InChI=1S/C21H22N2O4S/c1-26-12-11-23(10-9-20(24)27-2)21(25)16-14-18(19-8-5-13-28-19)22-17-7-4-3-6-15(16)17/h3-8,13-14H,9-12H2,1-2H3. The molecule has 3 aromatic rings. The molecule has 3 rings (SSSR count). The lowest BCUT2D eigenvalue weighted by atomic mass is 10.1. The van der Waals surface area contributed by atoms with E-state index in [1.54, 1.807) is 23.3 Å². The molecule has 0 aliphatic rings. The number of hydrogen-bond donors (Lipinski definition) is 0. The molecule has 7 heteroatoms. The maximum Gasteiger partial charge on any atom is 0.307 e. The molecule has 0 spiro atoms. The molecular formula is C21H22N2O4S. The quantitative estimate of drug-likeness (QED) is 0.542. The number of fused-ring (bicyclic) bond motifs is 1. The van der Waals surface area contributed by atoms with Crippen LogP contribution in [0.3, 0.4) is 0 Å². The van der Waals surface area contributed by atoms with Gasteiger partial charge in [-0.1, -0.05) is 24.3 Å². The molecule has 1 amide bonds. The third-order valence-electron chi connectivity index (χ3n) is 4.39. The molecule has 0 saturated heterocycles. The van der Waals surface area contributed by atoms with Gasteiger partial charge in [-0.25, -0.2) is 4.98 Å². The minimum Gasteiger partial charge on any atom is -0.469 e. The molecule has 2 heterocycles. The highest BCUT2D eigenvalue weighted by Gasteiger charge is 2.21. The van der Waals surface area contributed by atoms with Crippen molar-refractivity contribution < 1.29 is 19.1 Å². The fourth-order valence-corrected chi connectivity index (χ4v) is 3.60. The summed E-state index contributed by atoms with van der Waals surface area (Å²) in [6, 6.07) is 13.4. The largest absolute Gasteiger partial charge is 0.469 e. The third kappa shape index (κ3) is 4.55. The van der Waals surface area contributed by atoms with Crippen molar-refractivity contribution in [2.45, 2.75) is 6.42 Å². The van der Waals surface area contributed by atoms with Gasteiger partial charge < -0.3 is 14.4 Å². The number of esters is 1. The van der Waals surface area contributed by atoms with Gasteiger partial charge in [-0.3, -0.25) is 9.59 Å². The van der Waals surface area contributed by atoms with Crippen molar-refractivity contribution in [2.75, 3.05) is 33.9 Å². The maximum atomic E-state index is 13.4. The van der Waals surface area contributed by atoms with Crippen LogP contribution in [0, 0.1) is 0 Å². The summed E-state index contributed by atoms with van der Waals surface area (Å²) < 4.78 is 9.85. The zero-order chi connectivity index (χ0) is 19.9. The van der Waals surface area contributed by atoms with Crippen molar-refractivity contribution >= 4 is 34.1 Å². The van der Waals surface area contributed by atoms with Crippen LogP contribution < -0.4 is 0 Å². The summed E-state index contributed by atoms with van der Waals surface area (Å²) in [5.41, 5.74) is 2.09. The van der Waals surface area contributed by atoms with Crippen LogP contribution in [-0.2, 0) is 14.3 Å². The third-order valence-corrected chi connectivity index (χ3v) is 5.28. The van der Waals surface area contributed by atoms with E-state index >= 15 is 0 Å². The van der Waals surface area contributed by atoms with Crippen LogP contribution in [0.4, 0.5) is 0 Å². The summed E-state index contributed by atoms with van der Waals surface area (Å²) in [6.45, 7) is 1.03. The van der Waals surface area contributed by atoms with Crippen molar-refractivity contribution in [3.05, 3.63) is 53.4 Å². The van der Waals surface area contributed by atoms with Crippen molar-refractivity contribution in [1.29, 1.82) is 0 Å². The van der Waals surface area contributed by atoms with Crippen LogP contribution in [0.15, 0.2) is 47.8 Å². The molecule has 28 heavy (non-hydrogen) atoms. The van der Waals surface area contributed by atoms with Crippen molar-refractivity contribution in [1.82, 2.24) is 9.88 Å². The number of carbonyl (C=O) groups excluding carboxylic acids is 2. The average Bonchev–Trinajstić information content (AvgIpc) is 3.27. The molecule has 0 bridgehead atoms. The highest BCUT2D eigenvalue weighted by Crippen LogP contribution is 2.28. The van der Waals surface area contributed by atoms with Crippen LogP contribution in [0.25, 0.3) is 21.5 Å². The molecule has 0 saturated carbocycles. The number of hydrogen-bond acceptors (Lipinski definition) is 6. The van der Waals surface area contributed by atoms with Crippen LogP contribution in [0.1, 0.15) is 16.8 Å². The van der Waals surface area contributed by atoms with E-state index in [0.29, 0.717) is 18.7 Å². The zero-order valence-electron chi connectivity index (χ0n) is 15.9. The first-order valence-electron chi connectivity index (χ1n) is 8.92. The summed E-state index contributed by atoms with van der Waals surface area (Å²) in [7, 11) is 2.92. The number of nitrogens with zero attached hydrogens (tertiary/aromatic N) is 2. The number of thiophene rings is 1. The second-order valence-electron chi connectivity index (χ2n) is 6.16. The van der Waals surface area contributed by atoms with Crippen molar-refractivity contribution in [3.63, 3.8) is 0 Å². The summed E-state index contributed by atoms with van der Waals surface area (Å²) in [5.74, 6) is -0.508. The predicted molar refractivity (Wildman–Crippen MR) is 109 cm³/mol. The second kappa shape index (κ2) is 9.43. The molecule has 0 unspecified atom stereocenters. The average molecular weight is 398 g/mol. The van der Waals surface area contributed by atoms with E-state index in [4.69, 9.17) is 14.5 Å². The Kier molecular flexibility index (Phi) is 6.73. The normalized spacial score (nSPS) is 10.8. The Morgan fingerprint density at radius 2 is 1.93 bits per heavy atom. The minimum atomic E-state index is -0.353. The van der Waals surface area contributed by atoms with Gasteiger partial charge in [0.05, 0.1) is 41.8 Å². The molecule has 0 fully saturated rings. The number of pyridine rings is 1. The van der Waals surface area contributed by atoms with Crippen LogP contribution >= 0.6 is 11.3 Å². The first kappa shape index (κ1) is 20.0. The van der Waals surface area contributed by atoms with Gasteiger partial charge in [0.1, 0.15) is 0 Å². The van der Waals surface area contributed by atoms with Crippen LogP contribution in [-0.4, -0.2) is 55.7 Å². The molecule has 0 aliphatic heterocycles. The van der Waals surface area contributed by atoms with Crippen molar-refractivity contribution in [2.24, 2.45) is 0 Å². The van der Waals surface area contributed by atoms with E-state index in [9.17, 15) is 9.59 Å². The number of methoxy groups -OCH3 is 2. The molecule has 2 aromatic heterocycles. The Morgan fingerprint density at radius 1 is 1.11 bits per heavy atom. The Labute approximate surface area is 167 Å². The summed E-state index contributed by atoms with van der Waals surface area (Å²) in [4.78, 5) is 32.3. The molecular weight excluding hydrogens is 376 g/mol. The number of rotatable bonds is 8. The number of aromatic nitrogens is 1. The number of carbonyl (C=O) groups is 2. The molecule has 0 radical (unpaired) electrons.